The Hall–Kier alpha value is 0.400. The highest BCUT2D eigenvalue weighted by Crippen LogP contribution is 2.33. The van der Waals surface area contributed by atoms with E-state index in [0.29, 0.717) is 6.10 Å². The largest absolute Gasteiger partial charge is 0.377 e. The Morgan fingerprint density at radius 3 is 2.67 bits per heavy atom. The Morgan fingerprint density at radius 1 is 1.27 bits per heavy atom. The molecule has 0 aromatic carbocycles. The summed E-state index contributed by atoms with van der Waals surface area (Å²) in [5, 5.41) is 0. The van der Waals surface area contributed by atoms with Gasteiger partial charge in [-0.05, 0) is 45.1 Å². The summed E-state index contributed by atoms with van der Waals surface area (Å²) in [6.07, 6.45) is 7.09. The van der Waals surface area contributed by atoms with Crippen molar-refractivity contribution in [1.82, 2.24) is 4.90 Å². The number of likely N-dealkylation sites (N-methyl/N-ethyl adjacent to an activating group) is 1. The topological polar surface area (TPSA) is 12.5 Å². The monoisotopic (exact) mass is 275 g/mol. The molecule has 1 aliphatic heterocycles. The highest BCUT2D eigenvalue weighted by Gasteiger charge is 2.28. The summed E-state index contributed by atoms with van der Waals surface area (Å²) < 4.78 is 5.75. The first-order valence-corrected chi connectivity index (χ1v) is 7.10. The summed E-state index contributed by atoms with van der Waals surface area (Å²) in [5.41, 5.74) is 0. The summed E-state index contributed by atoms with van der Waals surface area (Å²) in [7, 11) is 2.24. The Bertz CT molecular complexity index is 188. The molecular weight excluding hydrogens is 254 g/mol. The third kappa shape index (κ3) is 3.72. The minimum atomic E-state index is 0.503. The van der Waals surface area contributed by atoms with Crippen LogP contribution in [0.15, 0.2) is 0 Å². The van der Waals surface area contributed by atoms with Gasteiger partial charge in [0.05, 0.1) is 6.10 Å². The van der Waals surface area contributed by atoms with Crippen molar-refractivity contribution in [3.8, 4) is 0 Å². The molecule has 1 saturated heterocycles. The molecule has 0 amide bonds. The van der Waals surface area contributed by atoms with Crippen molar-refractivity contribution in [3.05, 3.63) is 0 Å². The molecule has 1 saturated carbocycles. The van der Waals surface area contributed by atoms with E-state index in [2.05, 4.69) is 27.9 Å². The van der Waals surface area contributed by atoms with Crippen molar-refractivity contribution in [2.75, 3.05) is 26.7 Å². The lowest BCUT2D eigenvalue weighted by Crippen LogP contribution is -2.39. The van der Waals surface area contributed by atoms with Crippen molar-refractivity contribution in [2.24, 2.45) is 5.92 Å². The van der Waals surface area contributed by atoms with Gasteiger partial charge in [0.25, 0.3) is 0 Å². The van der Waals surface area contributed by atoms with Crippen molar-refractivity contribution >= 4 is 15.9 Å². The van der Waals surface area contributed by atoms with Gasteiger partial charge in [-0.2, -0.15) is 0 Å². The van der Waals surface area contributed by atoms with E-state index in [9.17, 15) is 0 Å². The molecule has 2 rings (SSSR count). The van der Waals surface area contributed by atoms with E-state index in [1.165, 1.54) is 38.6 Å². The maximum Gasteiger partial charge on any atom is 0.0701 e. The van der Waals surface area contributed by atoms with Crippen molar-refractivity contribution in [2.45, 2.75) is 43.0 Å². The molecule has 0 aromatic rings. The van der Waals surface area contributed by atoms with Crippen LogP contribution in [0.1, 0.15) is 32.1 Å². The number of ether oxygens (including phenoxy) is 1. The Kier molecular flexibility index (Phi) is 4.47. The summed E-state index contributed by atoms with van der Waals surface area (Å²) >= 11 is 3.65. The van der Waals surface area contributed by atoms with Gasteiger partial charge in [0.2, 0.25) is 0 Å². The molecule has 1 unspecified atom stereocenters. The quantitative estimate of drug-likeness (QED) is 0.732. The van der Waals surface area contributed by atoms with Crippen LogP contribution in [0.3, 0.4) is 0 Å². The van der Waals surface area contributed by atoms with Gasteiger partial charge in [-0.1, -0.05) is 15.9 Å². The molecule has 1 atom stereocenters. The number of hydrogen-bond acceptors (Lipinski definition) is 2. The first-order valence-electron chi connectivity index (χ1n) is 6.18. The molecule has 2 fully saturated rings. The highest BCUT2D eigenvalue weighted by molar-refractivity contribution is 9.09. The summed E-state index contributed by atoms with van der Waals surface area (Å²) in [4.78, 5) is 3.25. The van der Waals surface area contributed by atoms with Crippen LogP contribution in [-0.4, -0.2) is 42.6 Å². The van der Waals surface area contributed by atoms with E-state index in [-0.39, 0.29) is 0 Å². The molecule has 0 bridgehead atoms. The molecular formula is C12H22BrNO. The van der Waals surface area contributed by atoms with Gasteiger partial charge in [0.15, 0.2) is 0 Å². The predicted molar refractivity (Wildman–Crippen MR) is 66.5 cm³/mol. The molecule has 1 heterocycles. The lowest BCUT2D eigenvalue weighted by molar-refractivity contribution is -0.00504. The van der Waals surface area contributed by atoms with E-state index in [1.54, 1.807) is 0 Å². The van der Waals surface area contributed by atoms with E-state index < -0.39 is 0 Å². The maximum atomic E-state index is 5.75. The van der Waals surface area contributed by atoms with E-state index in [1.807, 2.05) is 0 Å². The number of rotatable bonds is 4. The van der Waals surface area contributed by atoms with Gasteiger partial charge in [-0.15, -0.1) is 0 Å². The average Bonchev–Trinajstić information content (AvgIpc) is 2.17. The van der Waals surface area contributed by atoms with E-state index >= 15 is 0 Å². The smallest absolute Gasteiger partial charge is 0.0701 e. The minimum absolute atomic E-state index is 0.503. The van der Waals surface area contributed by atoms with Gasteiger partial charge in [0.1, 0.15) is 0 Å². The van der Waals surface area contributed by atoms with Crippen molar-refractivity contribution in [1.29, 1.82) is 0 Å². The van der Waals surface area contributed by atoms with Gasteiger partial charge in [-0.25, -0.2) is 0 Å². The van der Waals surface area contributed by atoms with Crippen LogP contribution >= 0.6 is 15.9 Å². The average molecular weight is 276 g/mol. The zero-order chi connectivity index (χ0) is 10.7. The molecule has 1 aliphatic carbocycles. The third-order valence-electron chi connectivity index (χ3n) is 3.54. The molecule has 0 aromatic heterocycles. The van der Waals surface area contributed by atoms with Crippen LogP contribution in [0.25, 0.3) is 0 Å². The lowest BCUT2D eigenvalue weighted by Gasteiger charge is -2.36. The molecule has 15 heavy (non-hydrogen) atoms. The number of hydrogen-bond donors (Lipinski definition) is 0. The second-order valence-electron chi connectivity index (χ2n) is 5.14. The second kappa shape index (κ2) is 5.65. The van der Waals surface area contributed by atoms with Gasteiger partial charge < -0.3 is 9.64 Å². The fraction of sp³-hybridized carbons (Fsp3) is 1.00. The van der Waals surface area contributed by atoms with E-state index in [0.717, 1.165) is 23.9 Å². The Labute approximate surface area is 101 Å². The molecule has 2 nitrogen and oxygen atoms in total. The second-order valence-corrected chi connectivity index (χ2v) is 6.44. The normalized spacial score (nSPS) is 36.6. The van der Waals surface area contributed by atoms with Gasteiger partial charge >= 0.3 is 0 Å². The highest BCUT2D eigenvalue weighted by atomic mass is 79.9. The number of alkyl halides is 1. The fourth-order valence-corrected chi connectivity index (χ4v) is 3.68. The first-order chi connectivity index (χ1) is 7.24. The molecule has 88 valence electrons. The summed E-state index contributed by atoms with van der Waals surface area (Å²) in [6.45, 7) is 3.36. The molecule has 0 radical (unpaired) electrons. The van der Waals surface area contributed by atoms with Crippen molar-refractivity contribution < 1.29 is 4.74 Å². The van der Waals surface area contributed by atoms with Crippen LogP contribution in [-0.2, 0) is 4.74 Å². The Balaban J connectivity index is 1.61. The van der Waals surface area contributed by atoms with Crippen LogP contribution in [0.5, 0.6) is 0 Å². The lowest BCUT2D eigenvalue weighted by atomic mass is 9.85. The maximum absolute atomic E-state index is 5.75. The predicted octanol–water partition coefficient (Wildman–Crippen LogP) is 2.66. The van der Waals surface area contributed by atoms with Crippen LogP contribution < -0.4 is 0 Å². The van der Waals surface area contributed by atoms with E-state index in [4.69, 9.17) is 4.74 Å². The third-order valence-corrected chi connectivity index (χ3v) is 4.28. The number of nitrogens with zero attached hydrogens (tertiary/aromatic N) is 1. The SMILES string of the molecule is CN(CC1CC(Br)C1)CC1CCCCO1. The van der Waals surface area contributed by atoms with Crippen molar-refractivity contribution in [3.63, 3.8) is 0 Å². The number of halogens is 1. The molecule has 3 heteroatoms. The zero-order valence-electron chi connectivity index (χ0n) is 9.62. The molecule has 0 spiro atoms. The fourth-order valence-electron chi connectivity index (χ4n) is 2.62. The van der Waals surface area contributed by atoms with Crippen LogP contribution in [0.4, 0.5) is 0 Å². The standard InChI is InChI=1S/C12H22BrNO/c1-14(8-10-6-11(13)7-10)9-12-4-2-3-5-15-12/h10-12H,2-9H2,1H3. The van der Waals surface area contributed by atoms with Crippen LogP contribution in [0, 0.1) is 5.92 Å². The van der Waals surface area contributed by atoms with Gasteiger partial charge in [-0.3, -0.25) is 0 Å². The Morgan fingerprint density at radius 2 is 2.07 bits per heavy atom. The molecule has 0 N–H and O–H groups in total. The van der Waals surface area contributed by atoms with Crippen LogP contribution in [0.2, 0.25) is 0 Å². The molecule has 2 aliphatic rings. The first kappa shape index (κ1) is 11.9. The zero-order valence-corrected chi connectivity index (χ0v) is 11.2. The summed E-state index contributed by atoms with van der Waals surface area (Å²) in [6, 6.07) is 0. The minimum Gasteiger partial charge on any atom is -0.377 e. The summed E-state index contributed by atoms with van der Waals surface area (Å²) in [5.74, 6) is 0.919. The van der Waals surface area contributed by atoms with Gasteiger partial charge in [0, 0.05) is 24.5 Å².